The molecule has 17 heavy (non-hydrogen) atoms. The van der Waals surface area contributed by atoms with E-state index in [1.165, 1.54) is 13.3 Å². The van der Waals surface area contributed by atoms with Crippen molar-refractivity contribution in [3.63, 3.8) is 0 Å². The van der Waals surface area contributed by atoms with Crippen molar-refractivity contribution in [1.82, 2.24) is 5.01 Å². The lowest BCUT2D eigenvalue weighted by molar-refractivity contribution is 0.174. The van der Waals surface area contributed by atoms with Crippen LogP contribution in [0.25, 0.3) is 0 Å². The van der Waals surface area contributed by atoms with E-state index in [4.69, 9.17) is 26.8 Å². The normalized spacial score (nSPS) is 13.1. The third-order valence-electron chi connectivity index (χ3n) is 2.18. The molecule has 0 saturated heterocycles. The Bertz CT molecular complexity index is 490. The van der Waals surface area contributed by atoms with Gasteiger partial charge in [-0.1, -0.05) is 11.6 Å². The second-order valence-corrected chi connectivity index (χ2v) is 3.74. The van der Waals surface area contributed by atoms with Crippen LogP contribution in [0, 0.1) is 0 Å². The van der Waals surface area contributed by atoms with Crippen LogP contribution in [0.3, 0.4) is 0 Å². The molecule has 0 bridgehead atoms. The van der Waals surface area contributed by atoms with Crippen LogP contribution in [0.15, 0.2) is 17.2 Å². The van der Waals surface area contributed by atoms with E-state index in [1.807, 2.05) is 0 Å². The maximum Gasteiger partial charge on any atom is 0.334 e. The number of ether oxygens (including phenoxy) is 2. The van der Waals surface area contributed by atoms with E-state index in [-0.39, 0.29) is 6.79 Å². The van der Waals surface area contributed by atoms with Gasteiger partial charge in [-0.15, -0.1) is 0 Å². The Labute approximate surface area is 103 Å². The molecule has 2 rings (SSSR count). The fourth-order valence-electron chi connectivity index (χ4n) is 1.24. The molecule has 1 aliphatic heterocycles. The van der Waals surface area contributed by atoms with E-state index in [9.17, 15) is 4.79 Å². The van der Waals surface area contributed by atoms with E-state index in [2.05, 4.69) is 5.10 Å². The number of halogens is 1. The Morgan fingerprint density at radius 2 is 2.18 bits per heavy atom. The highest BCUT2D eigenvalue weighted by atomic mass is 35.5. The number of rotatable bonds is 2. The second-order valence-electron chi connectivity index (χ2n) is 3.33. The maximum absolute atomic E-state index is 10.7. The fraction of sp³-hybridized carbons (Fsp3) is 0.200. The summed E-state index contributed by atoms with van der Waals surface area (Å²) in [5.74, 6) is 1.19. The molecule has 1 aromatic carbocycles. The van der Waals surface area contributed by atoms with E-state index in [1.54, 1.807) is 12.1 Å². The summed E-state index contributed by atoms with van der Waals surface area (Å²) in [6.45, 7) is 0.174. The summed E-state index contributed by atoms with van der Waals surface area (Å²) >= 11 is 6.01. The number of amides is 2. The molecule has 2 amide bonds. The zero-order valence-corrected chi connectivity index (χ0v) is 9.77. The molecule has 0 aliphatic carbocycles. The van der Waals surface area contributed by atoms with Crippen LogP contribution < -0.4 is 15.2 Å². The van der Waals surface area contributed by atoms with Gasteiger partial charge in [0.15, 0.2) is 11.5 Å². The van der Waals surface area contributed by atoms with E-state index >= 15 is 0 Å². The lowest BCUT2D eigenvalue weighted by Gasteiger charge is -2.06. The SMILES string of the molecule is CN(N=Cc1cc2c(cc1Cl)OCO2)C(N)=O. The molecule has 1 heterocycles. The van der Waals surface area contributed by atoms with Crippen molar-refractivity contribution in [2.75, 3.05) is 13.8 Å². The van der Waals surface area contributed by atoms with Crippen LogP contribution in [0.4, 0.5) is 4.79 Å². The molecular formula is C10H10ClN3O3. The highest BCUT2D eigenvalue weighted by Gasteiger charge is 2.15. The van der Waals surface area contributed by atoms with Gasteiger partial charge in [-0.25, -0.2) is 9.80 Å². The van der Waals surface area contributed by atoms with Gasteiger partial charge in [0.25, 0.3) is 0 Å². The molecule has 0 saturated carbocycles. The van der Waals surface area contributed by atoms with Crippen LogP contribution in [0.5, 0.6) is 11.5 Å². The number of urea groups is 1. The van der Waals surface area contributed by atoms with Crippen molar-refractivity contribution in [1.29, 1.82) is 0 Å². The Kier molecular flexibility index (Phi) is 3.06. The average Bonchev–Trinajstić information content (AvgIpc) is 2.72. The number of nitrogens with two attached hydrogens (primary N) is 1. The third kappa shape index (κ3) is 2.42. The monoisotopic (exact) mass is 255 g/mol. The summed E-state index contributed by atoms with van der Waals surface area (Å²) in [5, 5.41) is 5.29. The van der Waals surface area contributed by atoms with Gasteiger partial charge in [-0.2, -0.15) is 5.10 Å². The number of carbonyl (C=O) groups is 1. The number of benzene rings is 1. The molecule has 7 heteroatoms. The van der Waals surface area contributed by atoms with Gasteiger partial charge in [0.05, 0.1) is 11.2 Å². The number of nitrogens with zero attached hydrogens (tertiary/aromatic N) is 2. The van der Waals surface area contributed by atoms with Crippen LogP contribution in [0.1, 0.15) is 5.56 Å². The molecular weight excluding hydrogens is 246 g/mol. The van der Waals surface area contributed by atoms with E-state index in [0.29, 0.717) is 22.1 Å². The number of hydrogen-bond donors (Lipinski definition) is 1. The number of hydrazone groups is 1. The standard InChI is InChI=1S/C10H10ClN3O3/c1-14(10(12)15)13-4-6-2-8-9(3-7(6)11)17-5-16-8/h2-4H,5H2,1H3,(H2,12,15). The first kappa shape index (κ1) is 11.5. The minimum Gasteiger partial charge on any atom is -0.454 e. The first-order valence-corrected chi connectivity index (χ1v) is 5.12. The third-order valence-corrected chi connectivity index (χ3v) is 2.51. The molecule has 0 atom stereocenters. The zero-order valence-electron chi connectivity index (χ0n) is 9.01. The first-order valence-electron chi connectivity index (χ1n) is 4.74. The van der Waals surface area contributed by atoms with Crippen molar-refractivity contribution >= 4 is 23.8 Å². The van der Waals surface area contributed by atoms with Crippen LogP contribution in [0.2, 0.25) is 5.02 Å². The number of fused-ring (bicyclic) bond motifs is 1. The lowest BCUT2D eigenvalue weighted by Crippen LogP contribution is -2.27. The summed E-state index contributed by atoms with van der Waals surface area (Å²) in [6, 6.07) is 2.66. The van der Waals surface area contributed by atoms with E-state index in [0.717, 1.165) is 5.01 Å². The van der Waals surface area contributed by atoms with Crippen molar-refractivity contribution in [3.05, 3.63) is 22.7 Å². The molecule has 1 aliphatic rings. The van der Waals surface area contributed by atoms with Crippen molar-refractivity contribution < 1.29 is 14.3 Å². The van der Waals surface area contributed by atoms with Gasteiger partial charge >= 0.3 is 6.03 Å². The van der Waals surface area contributed by atoms with Crippen molar-refractivity contribution in [3.8, 4) is 11.5 Å². The topological polar surface area (TPSA) is 77.2 Å². The van der Waals surface area contributed by atoms with Gasteiger partial charge in [0.2, 0.25) is 6.79 Å². The quantitative estimate of drug-likeness (QED) is 0.641. The molecule has 0 aromatic heterocycles. The summed E-state index contributed by atoms with van der Waals surface area (Å²) in [7, 11) is 1.44. The summed E-state index contributed by atoms with van der Waals surface area (Å²) in [6.07, 6.45) is 1.43. The molecule has 2 N–H and O–H groups in total. The van der Waals surface area contributed by atoms with Crippen molar-refractivity contribution in [2.45, 2.75) is 0 Å². The molecule has 0 radical (unpaired) electrons. The van der Waals surface area contributed by atoms with Crippen molar-refractivity contribution in [2.24, 2.45) is 10.8 Å². The Balaban J connectivity index is 2.25. The van der Waals surface area contributed by atoms with Gasteiger partial charge in [-0.3, -0.25) is 0 Å². The highest BCUT2D eigenvalue weighted by Crippen LogP contribution is 2.36. The number of carbonyl (C=O) groups excluding carboxylic acids is 1. The number of primary amides is 1. The van der Waals surface area contributed by atoms with Gasteiger partial charge in [-0.05, 0) is 6.07 Å². The van der Waals surface area contributed by atoms with E-state index < -0.39 is 6.03 Å². The van der Waals surface area contributed by atoms with Gasteiger partial charge < -0.3 is 15.2 Å². The van der Waals surface area contributed by atoms with Crippen LogP contribution >= 0.6 is 11.6 Å². The number of hydrogen-bond acceptors (Lipinski definition) is 4. The predicted molar refractivity (Wildman–Crippen MR) is 62.5 cm³/mol. The second kappa shape index (κ2) is 4.50. The highest BCUT2D eigenvalue weighted by molar-refractivity contribution is 6.33. The Morgan fingerprint density at radius 3 is 2.82 bits per heavy atom. The van der Waals surface area contributed by atoms with Gasteiger partial charge in [0.1, 0.15) is 0 Å². The minimum absolute atomic E-state index is 0.174. The molecule has 0 fully saturated rings. The zero-order chi connectivity index (χ0) is 12.4. The molecule has 1 aromatic rings. The Morgan fingerprint density at radius 1 is 1.53 bits per heavy atom. The van der Waals surface area contributed by atoms with Crippen LogP contribution in [-0.2, 0) is 0 Å². The summed E-state index contributed by atoms with van der Waals surface area (Å²) in [4.78, 5) is 10.7. The molecule has 0 spiro atoms. The molecule has 90 valence electrons. The lowest BCUT2D eigenvalue weighted by atomic mass is 10.2. The van der Waals surface area contributed by atoms with Gasteiger partial charge in [0, 0.05) is 18.7 Å². The summed E-state index contributed by atoms with van der Waals surface area (Å²) < 4.78 is 10.4. The fourth-order valence-corrected chi connectivity index (χ4v) is 1.44. The summed E-state index contributed by atoms with van der Waals surface area (Å²) in [5.41, 5.74) is 5.64. The van der Waals surface area contributed by atoms with Crippen LogP contribution in [-0.4, -0.2) is 31.1 Å². The predicted octanol–water partition coefficient (Wildman–Crippen LogP) is 1.41. The molecule has 6 nitrogen and oxygen atoms in total. The average molecular weight is 256 g/mol. The maximum atomic E-state index is 10.7. The largest absolute Gasteiger partial charge is 0.454 e. The first-order chi connectivity index (χ1) is 8.08. The minimum atomic E-state index is -0.655. The smallest absolute Gasteiger partial charge is 0.334 e. The molecule has 0 unspecified atom stereocenters. The Hall–Kier alpha value is -1.95.